The van der Waals surface area contributed by atoms with Gasteiger partial charge >= 0.3 is 0 Å². The van der Waals surface area contributed by atoms with Crippen LogP contribution < -0.4 is 5.32 Å². The molecular formula is C20H15F2N5O2. The summed E-state index contributed by atoms with van der Waals surface area (Å²) in [4.78, 5) is 16.2. The lowest BCUT2D eigenvalue weighted by Crippen LogP contribution is -2.15. The fourth-order valence-corrected chi connectivity index (χ4v) is 2.78. The predicted octanol–water partition coefficient (Wildman–Crippen LogP) is 3.44. The Morgan fingerprint density at radius 1 is 1.03 bits per heavy atom. The van der Waals surface area contributed by atoms with Gasteiger partial charge in [-0.05, 0) is 23.3 Å². The summed E-state index contributed by atoms with van der Waals surface area (Å²) >= 11 is 0. The number of hydrogen-bond donors (Lipinski definition) is 1. The van der Waals surface area contributed by atoms with Gasteiger partial charge in [-0.2, -0.15) is 10.1 Å². The van der Waals surface area contributed by atoms with Gasteiger partial charge in [0.1, 0.15) is 0 Å². The van der Waals surface area contributed by atoms with E-state index in [0.29, 0.717) is 17.2 Å². The van der Waals surface area contributed by atoms with Crippen LogP contribution in [0.15, 0.2) is 65.6 Å². The first-order chi connectivity index (χ1) is 14.1. The largest absolute Gasteiger partial charge is 0.342 e. The molecule has 7 nitrogen and oxygen atoms in total. The third kappa shape index (κ3) is 4.52. The zero-order chi connectivity index (χ0) is 20.2. The van der Waals surface area contributed by atoms with Gasteiger partial charge in [-0.3, -0.25) is 9.48 Å². The minimum Gasteiger partial charge on any atom is -0.342 e. The van der Waals surface area contributed by atoms with Crippen LogP contribution in [0, 0.1) is 11.6 Å². The monoisotopic (exact) mass is 395 g/mol. The van der Waals surface area contributed by atoms with Crippen molar-refractivity contribution >= 4 is 11.7 Å². The van der Waals surface area contributed by atoms with Crippen molar-refractivity contribution in [1.29, 1.82) is 0 Å². The number of halogens is 2. The number of amides is 1. The van der Waals surface area contributed by atoms with Crippen molar-refractivity contribution in [2.75, 3.05) is 5.32 Å². The Hall–Kier alpha value is -3.88. The van der Waals surface area contributed by atoms with E-state index in [4.69, 9.17) is 4.52 Å². The molecule has 0 aliphatic rings. The molecule has 9 heteroatoms. The van der Waals surface area contributed by atoms with E-state index in [-0.39, 0.29) is 18.9 Å². The number of nitrogens with one attached hydrogen (secondary N) is 1. The van der Waals surface area contributed by atoms with Gasteiger partial charge in [-0.15, -0.1) is 0 Å². The number of carbonyl (C=O) groups is 1. The quantitative estimate of drug-likeness (QED) is 0.541. The maximum absolute atomic E-state index is 13.3. The highest BCUT2D eigenvalue weighted by Crippen LogP contribution is 2.16. The van der Waals surface area contributed by atoms with Crippen molar-refractivity contribution < 1.29 is 18.1 Å². The molecule has 0 aliphatic carbocycles. The van der Waals surface area contributed by atoms with Gasteiger partial charge in [0, 0.05) is 17.8 Å². The topological polar surface area (TPSA) is 85.8 Å². The molecule has 146 valence electrons. The Balaban J connectivity index is 1.34. The zero-order valence-corrected chi connectivity index (χ0v) is 15.0. The summed E-state index contributed by atoms with van der Waals surface area (Å²) in [5.74, 6) is -1.18. The van der Waals surface area contributed by atoms with Gasteiger partial charge < -0.3 is 9.84 Å². The highest BCUT2D eigenvalue weighted by Gasteiger charge is 2.09. The molecule has 0 fully saturated rings. The smallest absolute Gasteiger partial charge is 0.229 e. The van der Waals surface area contributed by atoms with Crippen LogP contribution in [0.4, 0.5) is 14.6 Å². The molecule has 4 aromatic rings. The van der Waals surface area contributed by atoms with Crippen molar-refractivity contribution in [3.8, 4) is 11.4 Å². The predicted molar refractivity (Wildman–Crippen MR) is 99.8 cm³/mol. The summed E-state index contributed by atoms with van der Waals surface area (Å²) in [7, 11) is 0. The average Bonchev–Trinajstić information content (AvgIpc) is 3.38. The molecule has 0 bridgehead atoms. The molecule has 4 rings (SSSR count). The van der Waals surface area contributed by atoms with E-state index in [2.05, 4.69) is 20.6 Å². The normalized spacial score (nSPS) is 10.8. The summed E-state index contributed by atoms with van der Waals surface area (Å²) in [5.41, 5.74) is 2.17. The number of rotatable bonds is 6. The maximum atomic E-state index is 13.3. The number of carbonyl (C=O) groups excluding carboxylic acids is 1. The van der Waals surface area contributed by atoms with Crippen molar-refractivity contribution in [3.05, 3.63) is 83.9 Å². The number of aromatic nitrogens is 4. The molecule has 0 aliphatic heterocycles. The van der Waals surface area contributed by atoms with Crippen LogP contribution in [-0.4, -0.2) is 25.8 Å². The Morgan fingerprint density at radius 3 is 2.55 bits per heavy atom. The molecule has 0 unspecified atom stereocenters. The Kier molecular flexibility index (Phi) is 5.10. The van der Waals surface area contributed by atoms with Crippen LogP contribution in [0.2, 0.25) is 0 Å². The van der Waals surface area contributed by atoms with E-state index in [1.54, 1.807) is 12.3 Å². The highest BCUT2D eigenvalue weighted by molar-refractivity contribution is 5.91. The summed E-state index contributed by atoms with van der Waals surface area (Å²) in [5, 5.41) is 10.7. The molecule has 0 radical (unpaired) electrons. The summed E-state index contributed by atoms with van der Waals surface area (Å²) in [6.45, 7) is 0.255. The minimum atomic E-state index is -0.909. The first-order valence-electron chi connectivity index (χ1n) is 8.70. The minimum absolute atomic E-state index is 0.169. The van der Waals surface area contributed by atoms with Gasteiger partial charge in [0.25, 0.3) is 0 Å². The molecule has 0 saturated carbocycles. The third-order valence-electron chi connectivity index (χ3n) is 4.17. The lowest BCUT2D eigenvalue weighted by molar-refractivity contribution is -0.115. The SMILES string of the molecule is O=C(Cc1ccc(-c2ncon2)cc1)Nc1ccn(Cc2ccc(F)c(F)c2)n1. The van der Waals surface area contributed by atoms with Gasteiger partial charge in [0.2, 0.25) is 18.1 Å². The van der Waals surface area contributed by atoms with Gasteiger partial charge in [-0.1, -0.05) is 35.5 Å². The van der Waals surface area contributed by atoms with Crippen LogP contribution in [0.25, 0.3) is 11.4 Å². The molecule has 2 aromatic heterocycles. The van der Waals surface area contributed by atoms with E-state index in [1.165, 1.54) is 17.1 Å². The molecular weight excluding hydrogens is 380 g/mol. The lowest BCUT2D eigenvalue weighted by atomic mass is 10.1. The van der Waals surface area contributed by atoms with Gasteiger partial charge in [0.05, 0.1) is 13.0 Å². The summed E-state index contributed by atoms with van der Waals surface area (Å²) in [6, 6.07) is 12.6. The van der Waals surface area contributed by atoms with Crippen LogP contribution in [0.3, 0.4) is 0 Å². The second kappa shape index (κ2) is 8.01. The molecule has 29 heavy (non-hydrogen) atoms. The average molecular weight is 395 g/mol. The maximum Gasteiger partial charge on any atom is 0.229 e. The number of hydrogen-bond acceptors (Lipinski definition) is 5. The fourth-order valence-electron chi connectivity index (χ4n) is 2.78. The molecule has 1 N–H and O–H groups in total. The van der Waals surface area contributed by atoms with Crippen molar-refractivity contribution in [2.24, 2.45) is 0 Å². The van der Waals surface area contributed by atoms with E-state index >= 15 is 0 Å². The molecule has 0 saturated heterocycles. The van der Waals surface area contributed by atoms with Crippen LogP contribution in [0.1, 0.15) is 11.1 Å². The second-order valence-corrected chi connectivity index (χ2v) is 6.32. The van der Waals surface area contributed by atoms with E-state index in [1.807, 2.05) is 24.3 Å². The number of benzene rings is 2. The van der Waals surface area contributed by atoms with Crippen molar-refractivity contribution in [2.45, 2.75) is 13.0 Å². The van der Waals surface area contributed by atoms with Crippen molar-refractivity contribution in [1.82, 2.24) is 19.9 Å². The first-order valence-corrected chi connectivity index (χ1v) is 8.70. The molecule has 2 aromatic carbocycles. The standard InChI is InChI=1S/C20H15F2N5O2/c21-16-6-3-14(9-17(16)22)11-27-8-7-18(25-27)24-19(28)10-13-1-4-15(5-2-13)20-23-12-29-26-20/h1-9,12H,10-11H2,(H,24,25,28). The third-order valence-corrected chi connectivity index (χ3v) is 4.17. The first kappa shape index (κ1) is 18.5. The zero-order valence-electron chi connectivity index (χ0n) is 15.0. The number of anilines is 1. The summed E-state index contributed by atoms with van der Waals surface area (Å²) in [6.07, 6.45) is 3.07. The molecule has 0 atom stereocenters. The van der Waals surface area contributed by atoms with Gasteiger partial charge in [-0.25, -0.2) is 8.78 Å². The number of nitrogens with zero attached hydrogens (tertiary/aromatic N) is 4. The van der Waals surface area contributed by atoms with Crippen LogP contribution >= 0.6 is 0 Å². The van der Waals surface area contributed by atoms with Crippen LogP contribution in [0.5, 0.6) is 0 Å². The van der Waals surface area contributed by atoms with E-state index in [9.17, 15) is 13.6 Å². The second-order valence-electron chi connectivity index (χ2n) is 6.32. The van der Waals surface area contributed by atoms with E-state index < -0.39 is 11.6 Å². The van der Waals surface area contributed by atoms with Gasteiger partial charge in [0.15, 0.2) is 17.5 Å². The summed E-state index contributed by atoms with van der Waals surface area (Å²) < 4.78 is 32.5. The molecule has 2 heterocycles. The van der Waals surface area contributed by atoms with E-state index in [0.717, 1.165) is 23.3 Å². The Morgan fingerprint density at radius 2 is 1.83 bits per heavy atom. The Bertz CT molecular complexity index is 1120. The van der Waals surface area contributed by atoms with Crippen molar-refractivity contribution in [3.63, 3.8) is 0 Å². The fraction of sp³-hybridized carbons (Fsp3) is 0.100. The highest BCUT2D eigenvalue weighted by atomic mass is 19.2. The Labute approximate surface area is 164 Å². The van der Waals surface area contributed by atoms with Crippen LogP contribution in [-0.2, 0) is 17.8 Å². The molecule has 0 spiro atoms. The lowest BCUT2D eigenvalue weighted by Gasteiger charge is -2.04. The molecule has 1 amide bonds.